The van der Waals surface area contributed by atoms with Gasteiger partial charge in [-0.3, -0.25) is 4.98 Å². The molecule has 1 radical (unpaired) electrons. The standard InChI is InChI=1S/C36H37N2.C18H18NSi.Ir/c1-21(2)26-12-11-13-27(22(3)4)34(26)38-32-15-10-9-14-31(32)37-35(38)25-16-17-30-28(20-25)29-19-23(5)18-24(6)33(29)36(30,7)8;1-20(2,3)15-11-12-18(19-13-15)17-10-6-8-14-7-4-5-9-16(14)17;/h9-15,17-22H,1-8H3;4-9,11-13H,1-3H3;/q2*-1;. The van der Waals surface area contributed by atoms with Crippen LogP contribution in [-0.4, -0.2) is 22.6 Å². The second kappa shape index (κ2) is 16.3. The zero-order chi connectivity index (χ0) is 41.1. The van der Waals surface area contributed by atoms with Crippen molar-refractivity contribution in [1.29, 1.82) is 0 Å². The summed E-state index contributed by atoms with van der Waals surface area (Å²) in [5, 5.41) is 3.84. The number of aryl methyl sites for hydroxylation is 2. The summed E-state index contributed by atoms with van der Waals surface area (Å²) in [4.78, 5) is 9.91. The van der Waals surface area contributed by atoms with Crippen LogP contribution in [0.5, 0.6) is 0 Å². The first kappa shape index (κ1) is 42.2. The van der Waals surface area contributed by atoms with Gasteiger partial charge in [0.05, 0.1) is 24.9 Å². The van der Waals surface area contributed by atoms with Gasteiger partial charge in [-0.05, 0) is 81.9 Å². The molecule has 0 aliphatic heterocycles. The van der Waals surface area contributed by atoms with Crippen LogP contribution in [0.3, 0.4) is 0 Å². The number of benzene rings is 6. The number of aromatic nitrogens is 3. The van der Waals surface area contributed by atoms with Crippen molar-refractivity contribution in [2.75, 3.05) is 0 Å². The van der Waals surface area contributed by atoms with Gasteiger partial charge in [-0.25, -0.2) is 0 Å². The number of hydrogen-bond donors (Lipinski definition) is 0. The second-order valence-electron chi connectivity index (χ2n) is 18.3. The Balaban J connectivity index is 0.000000212. The Morgan fingerprint density at radius 3 is 2.10 bits per heavy atom. The molecule has 0 bridgehead atoms. The molecule has 1 aliphatic rings. The maximum atomic E-state index is 5.24. The molecule has 301 valence electrons. The molecule has 1 aliphatic carbocycles. The van der Waals surface area contributed by atoms with Crippen LogP contribution in [-0.2, 0) is 25.5 Å². The number of nitrogens with zero attached hydrogens (tertiary/aromatic N) is 3. The zero-order valence-corrected chi connectivity index (χ0v) is 39.8. The summed E-state index contributed by atoms with van der Waals surface area (Å²) < 4.78 is 2.40. The third-order valence-electron chi connectivity index (χ3n) is 12.0. The first-order chi connectivity index (χ1) is 27.6. The summed E-state index contributed by atoms with van der Waals surface area (Å²) >= 11 is 0. The van der Waals surface area contributed by atoms with Gasteiger partial charge in [-0.15, -0.1) is 58.5 Å². The van der Waals surface area contributed by atoms with Crippen molar-refractivity contribution in [2.24, 2.45) is 0 Å². The summed E-state index contributed by atoms with van der Waals surface area (Å²) in [5.74, 6) is 1.74. The Morgan fingerprint density at radius 2 is 1.42 bits per heavy atom. The van der Waals surface area contributed by atoms with E-state index in [0.717, 1.165) is 33.7 Å². The van der Waals surface area contributed by atoms with Gasteiger partial charge >= 0.3 is 0 Å². The molecule has 3 nitrogen and oxygen atoms in total. The molecule has 6 aromatic carbocycles. The van der Waals surface area contributed by atoms with Crippen molar-refractivity contribution >= 4 is 35.1 Å². The third-order valence-corrected chi connectivity index (χ3v) is 14.0. The quantitative estimate of drug-likeness (QED) is 0.123. The first-order valence-electron chi connectivity index (χ1n) is 20.8. The van der Waals surface area contributed by atoms with Crippen LogP contribution in [0.1, 0.15) is 86.8 Å². The molecule has 0 unspecified atom stereocenters. The van der Waals surface area contributed by atoms with E-state index in [1.807, 2.05) is 12.3 Å². The van der Waals surface area contributed by atoms with E-state index in [2.05, 4.69) is 206 Å². The predicted molar refractivity (Wildman–Crippen MR) is 250 cm³/mol. The van der Waals surface area contributed by atoms with Gasteiger partial charge in [0, 0.05) is 32.0 Å². The van der Waals surface area contributed by atoms with E-state index in [-0.39, 0.29) is 25.5 Å². The fraction of sp³-hybridized carbons (Fsp3) is 0.259. The van der Waals surface area contributed by atoms with E-state index in [1.165, 1.54) is 66.2 Å². The van der Waals surface area contributed by atoms with Crippen molar-refractivity contribution in [3.63, 3.8) is 0 Å². The van der Waals surface area contributed by atoms with Gasteiger partial charge < -0.3 is 9.55 Å². The van der Waals surface area contributed by atoms with Gasteiger partial charge in [0.2, 0.25) is 0 Å². The fourth-order valence-corrected chi connectivity index (χ4v) is 10.1. The van der Waals surface area contributed by atoms with Crippen molar-refractivity contribution in [2.45, 2.75) is 92.3 Å². The molecule has 5 heteroatoms. The molecule has 0 fully saturated rings. The van der Waals surface area contributed by atoms with Crippen LogP contribution in [0.15, 0.2) is 121 Å². The average molecular weight is 966 g/mol. The van der Waals surface area contributed by atoms with Gasteiger partial charge in [-0.2, -0.15) is 0 Å². The molecule has 0 N–H and O–H groups in total. The van der Waals surface area contributed by atoms with Gasteiger partial charge in [0.15, 0.2) is 0 Å². The van der Waals surface area contributed by atoms with E-state index in [0.29, 0.717) is 11.8 Å². The van der Waals surface area contributed by atoms with Crippen LogP contribution < -0.4 is 5.19 Å². The maximum absolute atomic E-state index is 5.24. The summed E-state index contributed by atoms with van der Waals surface area (Å²) in [6.45, 7) is 25.3. The summed E-state index contributed by atoms with van der Waals surface area (Å²) in [5.41, 5.74) is 17.3. The van der Waals surface area contributed by atoms with Crippen molar-refractivity contribution in [1.82, 2.24) is 14.5 Å². The molecule has 2 aromatic heterocycles. The summed E-state index contributed by atoms with van der Waals surface area (Å²) in [6.07, 6.45) is 2.04. The van der Waals surface area contributed by atoms with Crippen molar-refractivity contribution < 1.29 is 20.1 Å². The molecular formula is C54H55IrN3Si-2. The zero-order valence-electron chi connectivity index (χ0n) is 36.4. The van der Waals surface area contributed by atoms with Crippen LogP contribution >= 0.6 is 0 Å². The van der Waals surface area contributed by atoms with Gasteiger partial charge in [0.1, 0.15) is 0 Å². The average Bonchev–Trinajstić information content (AvgIpc) is 3.69. The third kappa shape index (κ3) is 7.70. The van der Waals surface area contributed by atoms with E-state index >= 15 is 0 Å². The fourth-order valence-electron chi connectivity index (χ4n) is 9.07. The first-order valence-corrected chi connectivity index (χ1v) is 24.3. The molecule has 0 saturated carbocycles. The molecule has 9 rings (SSSR count). The second-order valence-corrected chi connectivity index (χ2v) is 23.4. The van der Waals surface area contributed by atoms with E-state index in [1.54, 1.807) is 0 Å². The SMILES string of the molecule is C[Si](C)(C)c1ccc(-c2[c-]ccc3ccccc23)nc1.Cc1cc(C)c2c(c1)-c1cc(-c3nc4ccccc4n3-c3c(C(C)C)cccc3C(C)C)[c-]cc1C2(C)C.[Ir]. The number of pyridine rings is 1. The Hall–Kier alpha value is -4.93. The molecule has 0 saturated heterocycles. The van der Waals surface area contributed by atoms with Crippen molar-refractivity contribution in [3.8, 4) is 39.5 Å². The van der Waals surface area contributed by atoms with Crippen molar-refractivity contribution in [3.05, 3.63) is 167 Å². The number of para-hydroxylation sites is 3. The normalized spacial score (nSPS) is 13.0. The molecule has 2 heterocycles. The van der Waals surface area contributed by atoms with Crippen LogP contribution in [0.4, 0.5) is 0 Å². The Labute approximate surface area is 366 Å². The molecular weight excluding hydrogens is 911 g/mol. The monoisotopic (exact) mass is 966 g/mol. The molecule has 0 atom stereocenters. The summed E-state index contributed by atoms with van der Waals surface area (Å²) in [6, 6.07) is 48.4. The number of fused-ring (bicyclic) bond motifs is 5. The van der Waals surface area contributed by atoms with E-state index in [4.69, 9.17) is 4.98 Å². The number of hydrogen-bond acceptors (Lipinski definition) is 2. The summed E-state index contributed by atoms with van der Waals surface area (Å²) in [7, 11) is -1.28. The number of imidazole rings is 1. The minimum Gasteiger partial charge on any atom is -0.333 e. The molecule has 0 spiro atoms. The minimum absolute atomic E-state index is 0. The van der Waals surface area contributed by atoms with Crippen LogP contribution in [0.2, 0.25) is 19.6 Å². The minimum atomic E-state index is -1.28. The van der Waals surface area contributed by atoms with Gasteiger partial charge in [-0.1, -0.05) is 157 Å². The topological polar surface area (TPSA) is 30.7 Å². The van der Waals surface area contributed by atoms with E-state index in [9.17, 15) is 0 Å². The predicted octanol–water partition coefficient (Wildman–Crippen LogP) is 13.9. The largest absolute Gasteiger partial charge is 0.333 e. The van der Waals surface area contributed by atoms with E-state index < -0.39 is 8.07 Å². The maximum Gasteiger partial charge on any atom is 0.0795 e. The Bertz CT molecular complexity index is 2790. The smallest absolute Gasteiger partial charge is 0.0795 e. The van der Waals surface area contributed by atoms with Crippen LogP contribution in [0, 0.1) is 26.0 Å². The van der Waals surface area contributed by atoms with Gasteiger partial charge in [0.25, 0.3) is 0 Å². The number of rotatable bonds is 6. The van der Waals surface area contributed by atoms with Crippen LogP contribution in [0.25, 0.3) is 61.3 Å². The molecule has 8 aromatic rings. The molecule has 59 heavy (non-hydrogen) atoms. The Morgan fingerprint density at radius 1 is 0.729 bits per heavy atom. The Kier molecular flexibility index (Phi) is 11.6. The molecule has 0 amide bonds.